The molecule has 0 unspecified atom stereocenters. The van der Waals surface area contributed by atoms with Crippen molar-refractivity contribution in [3.05, 3.63) is 34.9 Å². The van der Waals surface area contributed by atoms with Gasteiger partial charge in [-0.2, -0.15) is 0 Å². The molecule has 5 nitrogen and oxygen atoms in total. The van der Waals surface area contributed by atoms with E-state index in [-0.39, 0.29) is 0 Å². The van der Waals surface area contributed by atoms with Gasteiger partial charge in [0.1, 0.15) is 0 Å². The fourth-order valence-electron chi connectivity index (χ4n) is 1.96. The van der Waals surface area contributed by atoms with Crippen molar-refractivity contribution < 1.29 is 4.74 Å². The first-order valence-electron chi connectivity index (χ1n) is 7.52. The number of nitrogens with zero attached hydrogens (tertiary/aromatic N) is 2. The Morgan fingerprint density at radius 2 is 2.05 bits per heavy atom. The van der Waals surface area contributed by atoms with Crippen LogP contribution in [0.15, 0.2) is 29.3 Å². The van der Waals surface area contributed by atoms with Crippen molar-refractivity contribution in [1.29, 1.82) is 0 Å². The first kappa shape index (κ1) is 18.7. The molecule has 0 amide bonds. The Bertz CT molecular complexity index is 454. The van der Waals surface area contributed by atoms with Crippen LogP contribution < -0.4 is 10.6 Å². The van der Waals surface area contributed by atoms with Crippen molar-refractivity contribution >= 4 is 17.6 Å². The van der Waals surface area contributed by atoms with Crippen molar-refractivity contribution in [2.45, 2.75) is 6.42 Å². The molecule has 22 heavy (non-hydrogen) atoms. The topological polar surface area (TPSA) is 48.9 Å². The highest BCUT2D eigenvalue weighted by atomic mass is 35.5. The summed E-state index contributed by atoms with van der Waals surface area (Å²) in [6.45, 7) is 4.29. The average molecular weight is 327 g/mol. The fourth-order valence-corrected chi connectivity index (χ4v) is 2.18. The minimum absolute atomic E-state index is 0.753. The van der Waals surface area contributed by atoms with E-state index in [0.29, 0.717) is 0 Å². The zero-order chi connectivity index (χ0) is 16.2. The number of rotatable bonds is 9. The molecule has 0 heterocycles. The SMILES string of the molecule is CN=C(NCCc1cccc(Cl)c1)NCCN(C)CCOC. The Morgan fingerprint density at radius 1 is 1.27 bits per heavy atom. The molecule has 0 saturated carbocycles. The highest BCUT2D eigenvalue weighted by Crippen LogP contribution is 2.10. The number of nitrogens with one attached hydrogen (secondary N) is 2. The molecule has 0 aliphatic heterocycles. The summed E-state index contributed by atoms with van der Waals surface area (Å²) >= 11 is 5.98. The number of hydrogen-bond acceptors (Lipinski definition) is 3. The molecule has 0 aromatic heterocycles. The first-order valence-corrected chi connectivity index (χ1v) is 7.90. The molecule has 0 aliphatic carbocycles. The Hall–Kier alpha value is -1.30. The van der Waals surface area contributed by atoms with Crippen molar-refractivity contribution in [3.63, 3.8) is 0 Å². The molecule has 2 N–H and O–H groups in total. The van der Waals surface area contributed by atoms with E-state index in [9.17, 15) is 0 Å². The van der Waals surface area contributed by atoms with E-state index in [4.69, 9.17) is 16.3 Å². The van der Waals surface area contributed by atoms with E-state index in [1.807, 2.05) is 18.2 Å². The van der Waals surface area contributed by atoms with Crippen LogP contribution in [0.25, 0.3) is 0 Å². The number of guanidine groups is 1. The summed E-state index contributed by atoms with van der Waals surface area (Å²) in [5.41, 5.74) is 1.22. The number of ether oxygens (including phenoxy) is 1. The smallest absolute Gasteiger partial charge is 0.191 e. The lowest BCUT2D eigenvalue weighted by atomic mass is 10.1. The zero-order valence-corrected chi connectivity index (χ0v) is 14.5. The average Bonchev–Trinajstić information content (AvgIpc) is 2.51. The van der Waals surface area contributed by atoms with Gasteiger partial charge in [0.05, 0.1) is 6.61 Å². The molecule has 124 valence electrons. The third-order valence-electron chi connectivity index (χ3n) is 3.28. The highest BCUT2D eigenvalue weighted by Gasteiger charge is 2.00. The second-order valence-corrected chi connectivity index (χ2v) is 5.54. The minimum atomic E-state index is 0.753. The lowest BCUT2D eigenvalue weighted by Crippen LogP contribution is -2.42. The molecule has 0 bridgehead atoms. The third kappa shape index (κ3) is 8.22. The molecular weight excluding hydrogens is 300 g/mol. The molecule has 6 heteroatoms. The van der Waals surface area contributed by atoms with Crippen molar-refractivity contribution in [3.8, 4) is 0 Å². The van der Waals surface area contributed by atoms with E-state index >= 15 is 0 Å². The summed E-state index contributed by atoms with van der Waals surface area (Å²) in [4.78, 5) is 6.44. The van der Waals surface area contributed by atoms with Crippen molar-refractivity contribution in [1.82, 2.24) is 15.5 Å². The molecule has 0 aliphatic rings. The Kier molecular flexibility index (Phi) is 9.62. The normalized spacial score (nSPS) is 11.8. The van der Waals surface area contributed by atoms with Crippen LogP contribution in [-0.4, -0.2) is 64.9 Å². The van der Waals surface area contributed by atoms with Crippen LogP contribution in [0.4, 0.5) is 0 Å². The number of aliphatic imine (C=N–C) groups is 1. The van der Waals surface area contributed by atoms with E-state index in [2.05, 4.69) is 33.6 Å². The quantitative estimate of drug-likeness (QED) is 0.535. The largest absolute Gasteiger partial charge is 0.383 e. The molecule has 0 fully saturated rings. The molecule has 1 aromatic rings. The van der Waals surface area contributed by atoms with Gasteiger partial charge in [0.15, 0.2) is 5.96 Å². The van der Waals surface area contributed by atoms with Crippen LogP contribution in [0.2, 0.25) is 5.02 Å². The molecule has 1 aromatic carbocycles. The molecule has 1 rings (SSSR count). The molecule has 0 radical (unpaired) electrons. The predicted octanol–water partition coefficient (Wildman–Crippen LogP) is 1.63. The predicted molar refractivity (Wildman–Crippen MR) is 93.9 cm³/mol. The highest BCUT2D eigenvalue weighted by molar-refractivity contribution is 6.30. The molecule has 0 atom stereocenters. The Balaban J connectivity index is 2.20. The molecule has 0 spiro atoms. The van der Waals surface area contributed by atoms with Gasteiger partial charge in [-0.05, 0) is 31.2 Å². The van der Waals surface area contributed by atoms with Crippen LogP contribution in [-0.2, 0) is 11.2 Å². The summed E-state index contributed by atoms with van der Waals surface area (Å²) < 4.78 is 5.06. The summed E-state index contributed by atoms with van der Waals surface area (Å²) in [5.74, 6) is 0.821. The Labute approximate surface area is 138 Å². The minimum Gasteiger partial charge on any atom is -0.383 e. The van der Waals surface area contributed by atoms with Gasteiger partial charge < -0.3 is 20.3 Å². The van der Waals surface area contributed by atoms with Crippen LogP contribution >= 0.6 is 11.6 Å². The van der Waals surface area contributed by atoms with Crippen molar-refractivity contribution in [2.75, 3.05) is 54.0 Å². The number of hydrogen-bond donors (Lipinski definition) is 2. The second kappa shape index (κ2) is 11.3. The van der Waals surface area contributed by atoms with Gasteiger partial charge in [0, 0.05) is 45.4 Å². The van der Waals surface area contributed by atoms with Crippen LogP contribution in [0, 0.1) is 0 Å². The van der Waals surface area contributed by atoms with Crippen LogP contribution in [0.3, 0.4) is 0 Å². The Morgan fingerprint density at radius 3 is 2.73 bits per heavy atom. The van der Waals surface area contributed by atoms with E-state index in [0.717, 1.165) is 50.2 Å². The van der Waals surface area contributed by atoms with Crippen LogP contribution in [0.5, 0.6) is 0 Å². The summed E-state index contributed by atoms with van der Waals surface area (Å²) in [6, 6.07) is 7.93. The van der Waals surface area contributed by atoms with E-state index in [1.165, 1.54) is 5.56 Å². The number of methoxy groups -OCH3 is 1. The van der Waals surface area contributed by atoms with Gasteiger partial charge >= 0.3 is 0 Å². The number of benzene rings is 1. The molecule has 0 saturated heterocycles. The summed E-state index contributed by atoms with van der Waals surface area (Å²) in [5, 5.41) is 7.39. The number of halogens is 1. The van der Waals surface area contributed by atoms with Gasteiger partial charge in [-0.25, -0.2) is 0 Å². The second-order valence-electron chi connectivity index (χ2n) is 5.10. The van der Waals surface area contributed by atoms with Gasteiger partial charge in [-0.3, -0.25) is 4.99 Å². The van der Waals surface area contributed by atoms with Gasteiger partial charge in [0.2, 0.25) is 0 Å². The lowest BCUT2D eigenvalue weighted by molar-refractivity contribution is 0.162. The summed E-state index contributed by atoms with van der Waals surface area (Å²) in [6.07, 6.45) is 0.912. The van der Waals surface area contributed by atoms with E-state index < -0.39 is 0 Å². The third-order valence-corrected chi connectivity index (χ3v) is 3.52. The maximum atomic E-state index is 5.98. The zero-order valence-electron chi connectivity index (χ0n) is 13.7. The van der Waals surface area contributed by atoms with Crippen molar-refractivity contribution in [2.24, 2.45) is 4.99 Å². The van der Waals surface area contributed by atoms with Gasteiger partial charge in [0.25, 0.3) is 0 Å². The number of likely N-dealkylation sites (N-methyl/N-ethyl adjacent to an activating group) is 1. The van der Waals surface area contributed by atoms with E-state index in [1.54, 1.807) is 14.2 Å². The van der Waals surface area contributed by atoms with Gasteiger partial charge in [-0.1, -0.05) is 23.7 Å². The lowest BCUT2D eigenvalue weighted by Gasteiger charge is -2.17. The fraction of sp³-hybridized carbons (Fsp3) is 0.562. The van der Waals surface area contributed by atoms with Gasteiger partial charge in [-0.15, -0.1) is 0 Å². The standard InChI is InChI=1S/C16H27ClN4O/c1-18-16(20-9-10-21(2)11-12-22-3)19-8-7-14-5-4-6-15(17)13-14/h4-6,13H,7-12H2,1-3H3,(H2,18,19,20). The monoisotopic (exact) mass is 326 g/mol. The maximum Gasteiger partial charge on any atom is 0.191 e. The maximum absolute atomic E-state index is 5.98. The first-order chi connectivity index (χ1) is 10.7. The molecular formula is C16H27ClN4O. The van der Waals surface area contributed by atoms with Crippen LogP contribution in [0.1, 0.15) is 5.56 Å². The summed E-state index contributed by atoms with van der Waals surface area (Å²) in [7, 11) is 5.58.